The Labute approximate surface area is 117 Å². The molecule has 0 saturated heterocycles. The Bertz CT molecular complexity index is 466. The first-order valence-corrected chi connectivity index (χ1v) is 5.84. The summed E-state index contributed by atoms with van der Waals surface area (Å²) in [5.74, 6) is 0.824. The number of benzene rings is 1. The van der Waals surface area contributed by atoms with Crippen LogP contribution < -0.4 is 15.8 Å². The lowest BCUT2D eigenvalue weighted by molar-refractivity contribution is 0.0946. The van der Waals surface area contributed by atoms with Crippen LogP contribution in [0.25, 0.3) is 0 Å². The van der Waals surface area contributed by atoms with Crippen LogP contribution in [0.2, 0.25) is 5.02 Å². The minimum absolute atomic E-state index is 0. The number of carbonyl (C=O) groups is 1. The van der Waals surface area contributed by atoms with Gasteiger partial charge in [0.2, 0.25) is 0 Å². The molecule has 1 aromatic rings. The van der Waals surface area contributed by atoms with Gasteiger partial charge >= 0.3 is 0 Å². The lowest BCUT2D eigenvalue weighted by Gasteiger charge is -2.11. The summed E-state index contributed by atoms with van der Waals surface area (Å²) >= 11 is 5.91. The molecule has 1 fully saturated rings. The number of carbonyl (C=O) groups excluding carboxylic acids is 1. The molecular formula is C12H16Cl2N2O2. The molecule has 2 atom stereocenters. The van der Waals surface area contributed by atoms with Gasteiger partial charge in [0.25, 0.3) is 5.91 Å². The fourth-order valence-corrected chi connectivity index (χ4v) is 1.85. The third kappa shape index (κ3) is 3.00. The van der Waals surface area contributed by atoms with Crippen molar-refractivity contribution in [1.82, 2.24) is 5.32 Å². The largest absolute Gasteiger partial charge is 0.496 e. The number of halogens is 2. The number of nitrogen functional groups attached to an aromatic ring is 1. The lowest BCUT2D eigenvalue weighted by atomic mass is 10.1. The summed E-state index contributed by atoms with van der Waals surface area (Å²) in [6, 6.07) is 3.37. The summed E-state index contributed by atoms with van der Waals surface area (Å²) in [7, 11) is 1.50. The molecule has 6 heteroatoms. The molecule has 1 amide bonds. The molecule has 1 aliphatic carbocycles. The highest BCUT2D eigenvalue weighted by Gasteiger charge is 2.34. The Kier molecular flexibility index (Phi) is 4.71. The molecule has 2 unspecified atom stereocenters. The third-order valence-electron chi connectivity index (χ3n) is 2.99. The molecule has 1 aromatic carbocycles. The zero-order valence-electron chi connectivity index (χ0n) is 10.2. The second-order valence-corrected chi connectivity index (χ2v) is 4.77. The quantitative estimate of drug-likeness (QED) is 0.841. The van der Waals surface area contributed by atoms with Crippen molar-refractivity contribution < 1.29 is 9.53 Å². The number of nitrogens with two attached hydrogens (primary N) is 1. The zero-order chi connectivity index (χ0) is 12.6. The molecular weight excluding hydrogens is 275 g/mol. The van der Waals surface area contributed by atoms with Crippen molar-refractivity contribution >= 4 is 35.6 Å². The van der Waals surface area contributed by atoms with E-state index < -0.39 is 0 Å². The minimum atomic E-state index is -0.168. The minimum Gasteiger partial charge on any atom is -0.496 e. The van der Waals surface area contributed by atoms with Gasteiger partial charge in [-0.25, -0.2) is 0 Å². The van der Waals surface area contributed by atoms with Gasteiger partial charge in [-0.2, -0.15) is 0 Å². The molecule has 2 rings (SSSR count). The van der Waals surface area contributed by atoms with E-state index in [4.69, 9.17) is 22.1 Å². The van der Waals surface area contributed by atoms with Gasteiger partial charge < -0.3 is 15.8 Å². The van der Waals surface area contributed by atoms with Gasteiger partial charge in [-0.1, -0.05) is 18.5 Å². The zero-order valence-corrected chi connectivity index (χ0v) is 11.8. The number of nitrogens with one attached hydrogen (secondary N) is 1. The van der Waals surface area contributed by atoms with Gasteiger partial charge in [0.15, 0.2) is 0 Å². The summed E-state index contributed by atoms with van der Waals surface area (Å²) < 4.78 is 5.13. The lowest BCUT2D eigenvalue weighted by Crippen LogP contribution is -2.27. The van der Waals surface area contributed by atoms with E-state index in [1.165, 1.54) is 13.2 Å². The van der Waals surface area contributed by atoms with Crippen LogP contribution in [0.5, 0.6) is 5.75 Å². The van der Waals surface area contributed by atoms with Crippen LogP contribution in [-0.4, -0.2) is 19.1 Å². The van der Waals surface area contributed by atoms with Crippen LogP contribution in [0.1, 0.15) is 23.7 Å². The smallest absolute Gasteiger partial charge is 0.255 e. The molecule has 0 aliphatic heterocycles. The first-order valence-electron chi connectivity index (χ1n) is 5.46. The molecule has 100 valence electrons. The number of ether oxygens (including phenoxy) is 1. The molecule has 1 saturated carbocycles. The fourth-order valence-electron chi connectivity index (χ4n) is 1.68. The Morgan fingerprint density at radius 1 is 1.56 bits per heavy atom. The van der Waals surface area contributed by atoms with E-state index in [1.807, 2.05) is 0 Å². The number of hydrogen-bond donors (Lipinski definition) is 2. The van der Waals surface area contributed by atoms with Crippen molar-refractivity contribution in [1.29, 1.82) is 0 Å². The normalized spacial score (nSPS) is 20.8. The summed E-state index contributed by atoms with van der Waals surface area (Å²) in [4.78, 5) is 12.0. The van der Waals surface area contributed by atoms with Crippen molar-refractivity contribution in [3.05, 3.63) is 22.7 Å². The van der Waals surface area contributed by atoms with E-state index in [0.717, 1.165) is 6.42 Å². The monoisotopic (exact) mass is 290 g/mol. The van der Waals surface area contributed by atoms with Crippen LogP contribution in [-0.2, 0) is 0 Å². The first kappa shape index (κ1) is 14.9. The Morgan fingerprint density at radius 2 is 2.17 bits per heavy atom. The van der Waals surface area contributed by atoms with E-state index in [2.05, 4.69) is 12.2 Å². The average molecular weight is 291 g/mol. The van der Waals surface area contributed by atoms with Gasteiger partial charge in [-0.15, -0.1) is 12.4 Å². The third-order valence-corrected chi connectivity index (χ3v) is 3.32. The predicted molar refractivity (Wildman–Crippen MR) is 74.7 cm³/mol. The second-order valence-electron chi connectivity index (χ2n) is 4.37. The standard InChI is InChI=1S/C12H15ClN2O2.ClH/c1-6-3-10(6)15-12(16)7-4-8(13)9(14)5-11(7)17-2;/h4-6,10H,3,14H2,1-2H3,(H,15,16);1H. The number of hydrogen-bond acceptors (Lipinski definition) is 3. The van der Waals surface area contributed by atoms with Gasteiger partial charge in [0, 0.05) is 12.1 Å². The predicted octanol–water partition coefficient (Wildman–Crippen LogP) is 2.49. The van der Waals surface area contributed by atoms with E-state index in [-0.39, 0.29) is 24.4 Å². The van der Waals surface area contributed by atoms with E-state index >= 15 is 0 Å². The summed E-state index contributed by atoms with van der Waals surface area (Å²) in [5, 5.41) is 3.28. The highest BCUT2D eigenvalue weighted by molar-refractivity contribution is 6.33. The summed E-state index contributed by atoms with van der Waals surface area (Å²) in [6.07, 6.45) is 1.02. The van der Waals surface area contributed by atoms with Crippen molar-refractivity contribution in [3.8, 4) is 5.75 Å². The molecule has 3 N–H and O–H groups in total. The van der Waals surface area contributed by atoms with Gasteiger partial charge in [-0.3, -0.25) is 4.79 Å². The number of rotatable bonds is 3. The van der Waals surface area contributed by atoms with Crippen LogP contribution in [0, 0.1) is 5.92 Å². The maximum Gasteiger partial charge on any atom is 0.255 e. The Hall–Kier alpha value is -1.13. The number of methoxy groups -OCH3 is 1. The van der Waals surface area contributed by atoms with E-state index in [0.29, 0.717) is 27.9 Å². The number of anilines is 1. The van der Waals surface area contributed by atoms with Crippen LogP contribution in [0.3, 0.4) is 0 Å². The fraction of sp³-hybridized carbons (Fsp3) is 0.417. The van der Waals surface area contributed by atoms with Crippen LogP contribution in [0.4, 0.5) is 5.69 Å². The summed E-state index contributed by atoms with van der Waals surface area (Å²) in [5.41, 5.74) is 6.48. The van der Waals surface area contributed by atoms with Crippen molar-refractivity contribution in [2.75, 3.05) is 12.8 Å². The number of amides is 1. The molecule has 0 aromatic heterocycles. The van der Waals surface area contributed by atoms with Crippen LogP contribution >= 0.6 is 24.0 Å². The van der Waals surface area contributed by atoms with Crippen molar-refractivity contribution in [2.45, 2.75) is 19.4 Å². The molecule has 1 aliphatic rings. The molecule has 0 bridgehead atoms. The van der Waals surface area contributed by atoms with Crippen molar-refractivity contribution in [2.24, 2.45) is 5.92 Å². The Balaban J connectivity index is 0.00000162. The second kappa shape index (κ2) is 5.67. The average Bonchev–Trinajstić information content (AvgIpc) is 2.97. The SMILES string of the molecule is COc1cc(N)c(Cl)cc1C(=O)NC1CC1C.Cl. The molecule has 0 radical (unpaired) electrons. The van der Waals surface area contributed by atoms with Gasteiger partial charge in [-0.05, 0) is 18.4 Å². The molecule has 0 heterocycles. The van der Waals surface area contributed by atoms with Gasteiger partial charge in [0.1, 0.15) is 5.75 Å². The highest BCUT2D eigenvalue weighted by Crippen LogP contribution is 2.32. The molecule has 4 nitrogen and oxygen atoms in total. The Morgan fingerprint density at radius 3 is 2.67 bits per heavy atom. The topological polar surface area (TPSA) is 64.3 Å². The summed E-state index contributed by atoms with van der Waals surface area (Å²) in [6.45, 7) is 2.10. The maximum atomic E-state index is 12.0. The molecule has 18 heavy (non-hydrogen) atoms. The first-order chi connectivity index (χ1) is 8.02. The highest BCUT2D eigenvalue weighted by atomic mass is 35.5. The molecule has 0 spiro atoms. The van der Waals surface area contributed by atoms with Crippen molar-refractivity contribution in [3.63, 3.8) is 0 Å². The van der Waals surface area contributed by atoms with E-state index in [1.54, 1.807) is 6.07 Å². The van der Waals surface area contributed by atoms with Gasteiger partial charge in [0.05, 0.1) is 23.4 Å². The van der Waals surface area contributed by atoms with E-state index in [9.17, 15) is 4.79 Å². The maximum absolute atomic E-state index is 12.0. The van der Waals surface area contributed by atoms with Crippen LogP contribution in [0.15, 0.2) is 12.1 Å².